The monoisotopic (exact) mass is 450 g/mol. The van der Waals surface area contributed by atoms with Crippen LogP contribution >= 0.6 is 0 Å². The van der Waals surface area contributed by atoms with E-state index >= 15 is 0 Å². The quantitative estimate of drug-likeness (QED) is 0.222. The lowest BCUT2D eigenvalue weighted by Gasteiger charge is -2.12. The van der Waals surface area contributed by atoms with Crippen LogP contribution in [0.15, 0.2) is 91.1 Å². The molecule has 0 saturated heterocycles. The first kappa shape index (κ1) is 21.3. The van der Waals surface area contributed by atoms with Crippen LogP contribution in [0.4, 0.5) is 5.82 Å². The molecule has 7 nitrogen and oxygen atoms in total. The molecule has 0 fully saturated rings. The Morgan fingerprint density at radius 2 is 1.71 bits per heavy atom. The summed E-state index contributed by atoms with van der Waals surface area (Å²) in [6.45, 7) is 2.35. The third-order valence-corrected chi connectivity index (χ3v) is 5.74. The first-order valence-corrected chi connectivity index (χ1v) is 10.9. The van der Waals surface area contributed by atoms with E-state index in [2.05, 4.69) is 29.2 Å². The summed E-state index contributed by atoms with van der Waals surface area (Å²) in [6.07, 6.45) is 1.27. The lowest BCUT2D eigenvalue weighted by molar-refractivity contribution is -0.392. The van der Waals surface area contributed by atoms with Crippen molar-refractivity contribution in [2.75, 3.05) is 6.61 Å². The molecular formula is C27H22N4O3. The van der Waals surface area contributed by atoms with Crippen molar-refractivity contribution in [2.45, 2.75) is 13.5 Å². The van der Waals surface area contributed by atoms with E-state index in [0.29, 0.717) is 18.1 Å². The minimum absolute atomic E-state index is 0.0383. The van der Waals surface area contributed by atoms with Gasteiger partial charge in [0.2, 0.25) is 0 Å². The van der Waals surface area contributed by atoms with Gasteiger partial charge >= 0.3 is 5.82 Å². The zero-order valence-corrected chi connectivity index (χ0v) is 18.6. The Labute approximate surface area is 196 Å². The molecule has 0 aliphatic rings. The van der Waals surface area contributed by atoms with Crippen molar-refractivity contribution in [3.05, 3.63) is 107 Å². The number of para-hydroxylation sites is 1. The molecule has 0 N–H and O–H groups in total. The van der Waals surface area contributed by atoms with Gasteiger partial charge in [0, 0.05) is 17.9 Å². The predicted molar refractivity (Wildman–Crippen MR) is 132 cm³/mol. The molecule has 0 aliphatic heterocycles. The summed E-state index contributed by atoms with van der Waals surface area (Å²) in [5, 5.41) is 12.3. The van der Waals surface area contributed by atoms with Gasteiger partial charge in [0.15, 0.2) is 5.82 Å². The van der Waals surface area contributed by atoms with E-state index in [1.807, 2.05) is 60.7 Å². The van der Waals surface area contributed by atoms with Crippen LogP contribution in [0.25, 0.3) is 33.3 Å². The molecule has 3 aromatic carbocycles. The minimum atomic E-state index is -0.434. The van der Waals surface area contributed by atoms with Crippen LogP contribution in [-0.2, 0) is 6.54 Å². The highest BCUT2D eigenvalue weighted by molar-refractivity contribution is 5.96. The van der Waals surface area contributed by atoms with Gasteiger partial charge in [0.25, 0.3) is 0 Å². The zero-order chi connectivity index (χ0) is 23.5. The number of rotatable bonds is 7. The number of hydrogen-bond donors (Lipinski definition) is 0. The van der Waals surface area contributed by atoms with E-state index in [1.54, 1.807) is 11.5 Å². The molecular weight excluding hydrogens is 428 g/mol. The summed E-state index contributed by atoms with van der Waals surface area (Å²) in [5.74, 6) is 1.22. The van der Waals surface area contributed by atoms with Crippen LogP contribution in [0.1, 0.15) is 5.82 Å². The predicted octanol–water partition coefficient (Wildman–Crippen LogP) is 6.06. The number of imidazole rings is 1. The Bertz CT molecular complexity index is 1480. The third kappa shape index (κ3) is 4.23. The Morgan fingerprint density at radius 3 is 2.53 bits per heavy atom. The van der Waals surface area contributed by atoms with Gasteiger partial charge in [-0.3, -0.25) is 0 Å². The van der Waals surface area contributed by atoms with Crippen molar-refractivity contribution in [2.24, 2.45) is 0 Å². The SMILES string of the molecule is Cc1ncc([N+](=O)[O-])n1CCOc1cccc(-c2cc(-c3ccccc3)c3ccccc3n2)c1. The highest BCUT2D eigenvalue weighted by Gasteiger charge is 2.17. The third-order valence-electron chi connectivity index (χ3n) is 5.74. The molecule has 0 spiro atoms. The summed E-state index contributed by atoms with van der Waals surface area (Å²) < 4.78 is 7.48. The summed E-state index contributed by atoms with van der Waals surface area (Å²) >= 11 is 0. The fourth-order valence-corrected chi connectivity index (χ4v) is 4.06. The van der Waals surface area contributed by atoms with Gasteiger partial charge in [0.05, 0.1) is 11.2 Å². The van der Waals surface area contributed by atoms with Gasteiger partial charge in [-0.15, -0.1) is 0 Å². The van der Waals surface area contributed by atoms with Crippen molar-refractivity contribution in [1.29, 1.82) is 0 Å². The molecule has 0 radical (unpaired) electrons. The molecule has 0 bridgehead atoms. The van der Waals surface area contributed by atoms with Crippen molar-refractivity contribution in [1.82, 2.24) is 14.5 Å². The van der Waals surface area contributed by atoms with Crippen LogP contribution in [0, 0.1) is 17.0 Å². The minimum Gasteiger partial charge on any atom is -0.489 e. The molecule has 5 rings (SSSR count). The molecule has 0 saturated carbocycles. The van der Waals surface area contributed by atoms with Crippen molar-refractivity contribution in [3.63, 3.8) is 0 Å². The topological polar surface area (TPSA) is 83.1 Å². The molecule has 0 unspecified atom stereocenters. The number of pyridine rings is 1. The number of aromatic nitrogens is 3. The van der Waals surface area contributed by atoms with Crippen LogP contribution < -0.4 is 4.74 Å². The van der Waals surface area contributed by atoms with Crippen LogP contribution in [0.5, 0.6) is 5.75 Å². The molecule has 7 heteroatoms. The summed E-state index contributed by atoms with van der Waals surface area (Å²) in [4.78, 5) is 19.7. The number of aryl methyl sites for hydroxylation is 1. The normalized spacial score (nSPS) is 11.0. The first-order valence-electron chi connectivity index (χ1n) is 10.9. The average molecular weight is 450 g/mol. The first-order chi connectivity index (χ1) is 16.6. The smallest absolute Gasteiger partial charge is 0.342 e. The summed E-state index contributed by atoms with van der Waals surface area (Å²) in [5.41, 5.74) is 4.96. The maximum Gasteiger partial charge on any atom is 0.342 e. The summed E-state index contributed by atoms with van der Waals surface area (Å²) in [6, 6.07) is 28.3. The zero-order valence-electron chi connectivity index (χ0n) is 18.6. The van der Waals surface area contributed by atoms with Gasteiger partial charge in [-0.05, 0) is 40.3 Å². The Morgan fingerprint density at radius 1 is 0.941 bits per heavy atom. The second kappa shape index (κ2) is 9.15. The van der Waals surface area contributed by atoms with Gasteiger partial charge in [-0.25, -0.2) is 14.5 Å². The molecule has 0 aliphatic carbocycles. The lowest BCUT2D eigenvalue weighted by atomic mass is 9.98. The van der Waals surface area contributed by atoms with Crippen molar-refractivity contribution >= 4 is 16.7 Å². The number of fused-ring (bicyclic) bond motifs is 1. The number of hydrogen-bond acceptors (Lipinski definition) is 5. The lowest BCUT2D eigenvalue weighted by Crippen LogP contribution is -2.11. The van der Waals surface area contributed by atoms with Crippen LogP contribution in [0.2, 0.25) is 0 Å². The Hall–Kier alpha value is -4.52. The molecule has 2 aromatic heterocycles. The van der Waals surface area contributed by atoms with E-state index in [1.165, 1.54) is 6.20 Å². The van der Waals surface area contributed by atoms with E-state index in [4.69, 9.17) is 9.72 Å². The second-order valence-electron chi connectivity index (χ2n) is 7.89. The standard InChI is InChI=1S/C27H22N4O3/c1-19-28-18-27(31(32)33)30(19)14-15-34-22-11-7-10-21(16-22)26-17-24(20-8-3-2-4-9-20)23-12-5-6-13-25(23)29-26/h2-13,16-18H,14-15H2,1H3. The van der Waals surface area contributed by atoms with E-state index in [-0.39, 0.29) is 12.4 Å². The molecule has 34 heavy (non-hydrogen) atoms. The second-order valence-corrected chi connectivity index (χ2v) is 7.89. The maximum atomic E-state index is 11.2. The molecule has 5 aromatic rings. The average Bonchev–Trinajstić information content (AvgIpc) is 3.24. The summed E-state index contributed by atoms with van der Waals surface area (Å²) in [7, 11) is 0. The number of nitro groups is 1. The number of nitrogens with zero attached hydrogens (tertiary/aromatic N) is 4. The van der Waals surface area contributed by atoms with Crippen molar-refractivity contribution in [3.8, 4) is 28.1 Å². The Kier molecular flexibility index (Phi) is 5.74. The molecule has 168 valence electrons. The fourth-order valence-electron chi connectivity index (χ4n) is 4.06. The van der Waals surface area contributed by atoms with Crippen LogP contribution in [0.3, 0.4) is 0 Å². The van der Waals surface area contributed by atoms with Crippen LogP contribution in [-0.4, -0.2) is 26.1 Å². The molecule has 2 heterocycles. The van der Waals surface area contributed by atoms with Crippen molar-refractivity contribution < 1.29 is 9.66 Å². The highest BCUT2D eigenvalue weighted by Crippen LogP contribution is 2.33. The molecule has 0 atom stereocenters. The largest absolute Gasteiger partial charge is 0.489 e. The number of benzene rings is 3. The van der Waals surface area contributed by atoms with E-state index in [9.17, 15) is 10.1 Å². The van der Waals surface area contributed by atoms with E-state index < -0.39 is 4.92 Å². The van der Waals surface area contributed by atoms with E-state index in [0.717, 1.165) is 33.3 Å². The number of ether oxygens (including phenoxy) is 1. The molecule has 0 amide bonds. The maximum absolute atomic E-state index is 11.2. The Balaban J connectivity index is 1.43. The fraction of sp³-hybridized carbons (Fsp3) is 0.111. The highest BCUT2D eigenvalue weighted by atomic mass is 16.6. The van der Waals surface area contributed by atoms with Gasteiger partial charge in [-0.1, -0.05) is 60.7 Å². The van der Waals surface area contributed by atoms with Gasteiger partial charge in [0.1, 0.15) is 25.1 Å². The van der Waals surface area contributed by atoms with Gasteiger partial charge < -0.3 is 14.9 Å². The van der Waals surface area contributed by atoms with Gasteiger partial charge in [-0.2, -0.15) is 0 Å².